The van der Waals surface area contributed by atoms with Gasteiger partial charge in [0.1, 0.15) is 6.04 Å². The molecule has 6 rings (SSSR count). The Kier molecular flexibility index (Phi) is 6.11. The van der Waals surface area contributed by atoms with Crippen LogP contribution in [0.15, 0.2) is 42.5 Å². The fourth-order valence-corrected chi connectivity index (χ4v) is 6.76. The number of aliphatic hydroxyl groups is 1. The molecule has 4 aliphatic rings. The summed E-state index contributed by atoms with van der Waals surface area (Å²) in [4.78, 5) is 40.8. The van der Waals surface area contributed by atoms with Crippen LogP contribution in [0.4, 0.5) is 13.2 Å². The summed E-state index contributed by atoms with van der Waals surface area (Å²) in [7, 11) is 0. The van der Waals surface area contributed by atoms with Crippen molar-refractivity contribution in [3.63, 3.8) is 0 Å². The van der Waals surface area contributed by atoms with Crippen molar-refractivity contribution in [1.82, 2.24) is 15.1 Å². The fraction of sp³-hybridized carbons (Fsp3) is 0.483. The minimum absolute atomic E-state index is 0.187. The quantitative estimate of drug-likeness (QED) is 0.574. The van der Waals surface area contributed by atoms with Gasteiger partial charge in [-0.2, -0.15) is 13.2 Å². The Labute approximate surface area is 224 Å². The number of piperidine rings is 2. The largest absolute Gasteiger partial charge is 0.416 e. The minimum atomic E-state index is -4.37. The average molecular weight is 542 g/mol. The molecule has 3 aliphatic heterocycles. The van der Waals surface area contributed by atoms with Gasteiger partial charge in [0.25, 0.3) is 5.91 Å². The van der Waals surface area contributed by atoms with Crippen LogP contribution in [0.5, 0.6) is 0 Å². The van der Waals surface area contributed by atoms with Crippen molar-refractivity contribution >= 4 is 17.7 Å². The zero-order valence-corrected chi connectivity index (χ0v) is 21.4. The van der Waals surface area contributed by atoms with E-state index in [0.29, 0.717) is 37.9 Å². The lowest BCUT2D eigenvalue weighted by molar-refractivity contribution is -0.138. The third-order valence-electron chi connectivity index (χ3n) is 9.09. The first-order valence-electron chi connectivity index (χ1n) is 13.4. The van der Waals surface area contributed by atoms with E-state index in [1.54, 1.807) is 12.1 Å². The molecule has 2 atom stereocenters. The monoisotopic (exact) mass is 541 g/mol. The number of nitrogens with zero attached hydrogens (tertiary/aromatic N) is 2. The van der Waals surface area contributed by atoms with E-state index in [4.69, 9.17) is 0 Å². The topological polar surface area (TPSA) is 90.0 Å². The summed E-state index contributed by atoms with van der Waals surface area (Å²) in [5, 5.41) is 14.2. The molecule has 2 aromatic carbocycles. The second kappa shape index (κ2) is 9.16. The maximum absolute atomic E-state index is 13.1. The standard InChI is InChI=1S/C29H30F3N3O4/c30-29(31,32)20-4-2-18(3-5-20)15-34-13-12-28(39,17-27(34)10-1-11-27)21-6-7-22-19(14-21)16-35(26(22)38)23-8-9-24(36)33-25(23)37/h2-7,14,23,39H,1,8-13,15-17H2,(H,33,36,37). The number of halogens is 3. The molecule has 2 aromatic rings. The van der Waals surface area contributed by atoms with Gasteiger partial charge in [0.2, 0.25) is 11.8 Å². The highest BCUT2D eigenvalue weighted by molar-refractivity contribution is 6.05. The number of carbonyl (C=O) groups excluding carboxylic acids is 3. The van der Waals surface area contributed by atoms with Gasteiger partial charge in [0, 0.05) is 37.2 Å². The number of amides is 3. The zero-order valence-electron chi connectivity index (χ0n) is 21.4. The van der Waals surface area contributed by atoms with Crippen LogP contribution in [0.1, 0.15) is 77.6 Å². The zero-order chi connectivity index (χ0) is 27.6. The van der Waals surface area contributed by atoms with E-state index in [9.17, 15) is 32.7 Å². The molecule has 2 N–H and O–H groups in total. The number of nitrogens with one attached hydrogen (secondary N) is 1. The number of likely N-dealkylation sites (tertiary alicyclic amines) is 1. The highest BCUT2D eigenvalue weighted by Crippen LogP contribution is 2.51. The van der Waals surface area contributed by atoms with Crippen molar-refractivity contribution in [2.75, 3.05) is 6.54 Å². The molecular formula is C29H30F3N3O4. The Hall–Kier alpha value is -3.24. The Balaban J connectivity index is 1.19. The molecule has 1 spiro atoms. The van der Waals surface area contributed by atoms with E-state index in [-0.39, 0.29) is 30.3 Å². The molecule has 3 heterocycles. The summed E-state index contributed by atoms with van der Waals surface area (Å²) in [5.74, 6) is -1.04. The molecule has 0 bridgehead atoms. The van der Waals surface area contributed by atoms with E-state index in [1.807, 2.05) is 6.07 Å². The summed E-state index contributed by atoms with van der Waals surface area (Å²) in [6.07, 6.45) is -0.0898. The Morgan fingerprint density at radius 1 is 1.03 bits per heavy atom. The van der Waals surface area contributed by atoms with Gasteiger partial charge in [-0.25, -0.2) is 0 Å². The van der Waals surface area contributed by atoms with Gasteiger partial charge in [-0.1, -0.05) is 24.3 Å². The summed E-state index contributed by atoms with van der Waals surface area (Å²) >= 11 is 0. The Morgan fingerprint density at radius 2 is 1.77 bits per heavy atom. The van der Waals surface area contributed by atoms with E-state index >= 15 is 0 Å². The van der Waals surface area contributed by atoms with Crippen LogP contribution < -0.4 is 5.32 Å². The van der Waals surface area contributed by atoms with E-state index in [2.05, 4.69) is 10.2 Å². The predicted octanol–water partition coefficient (Wildman–Crippen LogP) is 3.87. The van der Waals surface area contributed by atoms with Gasteiger partial charge in [0.05, 0.1) is 11.2 Å². The lowest BCUT2D eigenvalue weighted by atomic mass is 9.64. The van der Waals surface area contributed by atoms with E-state index in [1.165, 1.54) is 17.0 Å². The number of imide groups is 1. The van der Waals surface area contributed by atoms with Crippen LogP contribution in [0.25, 0.3) is 0 Å². The van der Waals surface area contributed by atoms with Crippen molar-refractivity contribution in [3.05, 3.63) is 70.3 Å². The molecular weight excluding hydrogens is 511 g/mol. The van der Waals surface area contributed by atoms with Crippen molar-refractivity contribution in [1.29, 1.82) is 0 Å². The SMILES string of the molecule is O=C1CCC(N2Cc3cc(C4(O)CCN(Cc5ccc(C(F)(F)F)cc5)C5(CCC5)C4)ccc3C2=O)C(=O)N1. The molecule has 10 heteroatoms. The summed E-state index contributed by atoms with van der Waals surface area (Å²) in [6.45, 7) is 1.36. The van der Waals surface area contributed by atoms with Crippen LogP contribution >= 0.6 is 0 Å². The molecule has 0 radical (unpaired) electrons. The molecule has 206 valence electrons. The second-order valence-corrected chi connectivity index (χ2v) is 11.4. The Morgan fingerprint density at radius 3 is 2.41 bits per heavy atom. The van der Waals surface area contributed by atoms with Crippen LogP contribution in [0.3, 0.4) is 0 Å². The van der Waals surface area contributed by atoms with E-state index in [0.717, 1.165) is 48.1 Å². The lowest BCUT2D eigenvalue weighted by Gasteiger charge is -2.57. The lowest BCUT2D eigenvalue weighted by Crippen LogP contribution is -2.61. The Bertz CT molecular complexity index is 1340. The fourth-order valence-electron chi connectivity index (χ4n) is 6.76. The number of rotatable bonds is 4. The van der Waals surface area contributed by atoms with E-state index < -0.39 is 29.3 Å². The molecule has 3 amide bonds. The summed E-state index contributed by atoms with van der Waals surface area (Å²) in [5.41, 5.74) is 0.809. The molecule has 1 aliphatic carbocycles. The maximum Gasteiger partial charge on any atom is 0.416 e. The normalized spacial score (nSPS) is 26.9. The highest BCUT2D eigenvalue weighted by Gasteiger charge is 2.52. The summed E-state index contributed by atoms with van der Waals surface area (Å²) < 4.78 is 38.9. The number of hydrogen-bond acceptors (Lipinski definition) is 5. The third kappa shape index (κ3) is 4.53. The van der Waals surface area contributed by atoms with Gasteiger partial charge < -0.3 is 10.0 Å². The molecule has 2 saturated heterocycles. The maximum atomic E-state index is 13.1. The van der Waals surface area contributed by atoms with Crippen molar-refractivity contribution < 1.29 is 32.7 Å². The molecule has 2 unspecified atom stereocenters. The number of hydrogen-bond donors (Lipinski definition) is 2. The first kappa shape index (κ1) is 26.0. The van der Waals surface area contributed by atoms with Crippen LogP contribution in [0, 0.1) is 0 Å². The van der Waals surface area contributed by atoms with Crippen molar-refractivity contribution in [2.45, 2.75) is 81.4 Å². The predicted molar refractivity (Wildman–Crippen MR) is 134 cm³/mol. The number of benzene rings is 2. The third-order valence-corrected chi connectivity index (χ3v) is 9.09. The van der Waals surface area contributed by atoms with Gasteiger partial charge in [-0.3, -0.25) is 24.6 Å². The van der Waals surface area contributed by atoms with Crippen LogP contribution in [-0.4, -0.2) is 50.8 Å². The van der Waals surface area contributed by atoms with Gasteiger partial charge in [-0.05, 0) is 73.4 Å². The highest BCUT2D eigenvalue weighted by atomic mass is 19.4. The molecule has 7 nitrogen and oxygen atoms in total. The second-order valence-electron chi connectivity index (χ2n) is 11.4. The first-order chi connectivity index (χ1) is 18.5. The average Bonchev–Trinajstić information content (AvgIpc) is 3.19. The first-order valence-corrected chi connectivity index (χ1v) is 13.4. The molecule has 1 saturated carbocycles. The summed E-state index contributed by atoms with van der Waals surface area (Å²) in [6, 6.07) is 9.99. The number of carbonyl (C=O) groups is 3. The smallest absolute Gasteiger partial charge is 0.385 e. The van der Waals surface area contributed by atoms with Crippen molar-refractivity contribution in [3.8, 4) is 0 Å². The van der Waals surface area contributed by atoms with Crippen LogP contribution in [-0.2, 0) is 34.5 Å². The number of alkyl halides is 3. The molecule has 39 heavy (non-hydrogen) atoms. The van der Waals surface area contributed by atoms with Gasteiger partial charge >= 0.3 is 6.18 Å². The van der Waals surface area contributed by atoms with Gasteiger partial charge in [0.15, 0.2) is 0 Å². The minimum Gasteiger partial charge on any atom is -0.385 e. The molecule has 3 fully saturated rings. The van der Waals surface area contributed by atoms with Gasteiger partial charge in [-0.15, -0.1) is 0 Å². The number of fused-ring (bicyclic) bond motifs is 1. The van der Waals surface area contributed by atoms with Crippen LogP contribution in [0.2, 0.25) is 0 Å². The molecule has 0 aromatic heterocycles. The van der Waals surface area contributed by atoms with Crippen molar-refractivity contribution in [2.24, 2.45) is 0 Å².